The molecule has 1 N–H and O–H groups in total. The van der Waals surface area contributed by atoms with Crippen molar-refractivity contribution in [1.29, 1.82) is 0 Å². The van der Waals surface area contributed by atoms with Crippen molar-refractivity contribution in [2.75, 3.05) is 6.54 Å². The molecule has 126 valence electrons. The van der Waals surface area contributed by atoms with Crippen molar-refractivity contribution in [3.8, 4) is 0 Å². The van der Waals surface area contributed by atoms with Crippen LogP contribution in [0.25, 0.3) is 0 Å². The van der Waals surface area contributed by atoms with Crippen molar-refractivity contribution in [3.05, 3.63) is 52.0 Å². The molecule has 1 amide bonds. The molecule has 3 rings (SSSR count). The number of carboxylic acids is 1. The van der Waals surface area contributed by atoms with Crippen molar-refractivity contribution in [2.24, 2.45) is 5.92 Å². The monoisotopic (exact) mass is 344 g/mol. The van der Waals surface area contributed by atoms with Crippen molar-refractivity contribution in [3.63, 3.8) is 0 Å². The molecule has 0 radical (unpaired) electrons. The van der Waals surface area contributed by atoms with Crippen LogP contribution in [0, 0.1) is 5.92 Å². The second-order valence-corrected chi connectivity index (χ2v) is 7.21. The molecule has 1 saturated heterocycles. The van der Waals surface area contributed by atoms with Gasteiger partial charge in [-0.15, -0.1) is 11.3 Å². The van der Waals surface area contributed by atoms with Gasteiger partial charge in [-0.1, -0.05) is 37.3 Å². The van der Waals surface area contributed by atoms with Crippen LogP contribution in [0.4, 0.5) is 0 Å². The highest BCUT2D eigenvalue weighted by atomic mass is 32.1. The molecular formula is C18H20N2O3S. The van der Waals surface area contributed by atoms with E-state index in [9.17, 15) is 14.7 Å². The zero-order valence-corrected chi connectivity index (χ0v) is 14.3. The number of thiazole rings is 1. The number of carbonyl (C=O) groups excluding carboxylic acids is 1. The number of rotatable bonds is 4. The van der Waals surface area contributed by atoms with Crippen LogP contribution in [0.5, 0.6) is 0 Å². The summed E-state index contributed by atoms with van der Waals surface area (Å²) in [6, 6.07) is 9.21. The molecule has 6 heteroatoms. The normalized spacial score (nSPS) is 20.8. The summed E-state index contributed by atoms with van der Waals surface area (Å²) in [4.78, 5) is 30.1. The zero-order chi connectivity index (χ0) is 17.1. The van der Waals surface area contributed by atoms with E-state index >= 15 is 0 Å². The molecule has 0 aliphatic carbocycles. The molecule has 5 nitrogen and oxygen atoms in total. The van der Waals surface area contributed by atoms with Crippen LogP contribution >= 0.6 is 11.3 Å². The minimum atomic E-state index is -0.936. The van der Waals surface area contributed by atoms with Crippen molar-refractivity contribution >= 4 is 23.2 Å². The lowest BCUT2D eigenvalue weighted by Crippen LogP contribution is -2.49. The molecule has 0 saturated carbocycles. The van der Waals surface area contributed by atoms with Crippen LogP contribution in [0.15, 0.2) is 35.7 Å². The number of carboxylic acid groups (broad SMARTS) is 1. The Hall–Kier alpha value is -2.21. The maximum absolute atomic E-state index is 12.7. The molecule has 1 fully saturated rings. The summed E-state index contributed by atoms with van der Waals surface area (Å²) in [5.41, 5.74) is 1.49. The number of aliphatic carboxylic acids is 1. The topological polar surface area (TPSA) is 70.5 Å². The van der Waals surface area contributed by atoms with Crippen molar-refractivity contribution < 1.29 is 14.7 Å². The van der Waals surface area contributed by atoms with E-state index in [4.69, 9.17) is 0 Å². The van der Waals surface area contributed by atoms with Gasteiger partial charge in [0, 0.05) is 18.3 Å². The summed E-state index contributed by atoms with van der Waals surface area (Å²) in [6.07, 6.45) is 2.01. The van der Waals surface area contributed by atoms with E-state index in [-0.39, 0.29) is 5.91 Å². The summed E-state index contributed by atoms with van der Waals surface area (Å²) in [5.74, 6) is -0.890. The molecule has 24 heavy (non-hydrogen) atoms. The molecule has 2 atom stereocenters. The summed E-state index contributed by atoms with van der Waals surface area (Å²) >= 11 is 1.44. The van der Waals surface area contributed by atoms with Gasteiger partial charge in [-0.3, -0.25) is 4.79 Å². The predicted molar refractivity (Wildman–Crippen MR) is 92.2 cm³/mol. The zero-order valence-electron chi connectivity index (χ0n) is 13.5. The van der Waals surface area contributed by atoms with E-state index in [2.05, 4.69) is 4.98 Å². The largest absolute Gasteiger partial charge is 0.480 e. The highest BCUT2D eigenvalue weighted by molar-refractivity contribution is 7.09. The molecule has 0 spiro atoms. The third kappa shape index (κ3) is 3.64. The number of benzene rings is 1. The van der Waals surface area contributed by atoms with Gasteiger partial charge in [0.25, 0.3) is 5.91 Å². The maximum atomic E-state index is 12.7. The molecule has 2 heterocycles. The van der Waals surface area contributed by atoms with Crippen LogP contribution in [0.3, 0.4) is 0 Å². The molecule has 1 aliphatic rings. The van der Waals surface area contributed by atoms with Crippen LogP contribution in [-0.2, 0) is 11.2 Å². The van der Waals surface area contributed by atoms with Gasteiger partial charge >= 0.3 is 5.97 Å². The fourth-order valence-corrected chi connectivity index (χ4v) is 3.83. The average Bonchev–Trinajstić information content (AvgIpc) is 3.03. The smallest absolute Gasteiger partial charge is 0.326 e. The minimum absolute atomic E-state index is 0.273. The van der Waals surface area contributed by atoms with Crippen LogP contribution in [0.1, 0.15) is 40.8 Å². The van der Waals surface area contributed by atoms with Gasteiger partial charge in [-0.2, -0.15) is 0 Å². The Morgan fingerprint density at radius 3 is 2.79 bits per heavy atom. The Labute approximate surface area is 145 Å². The second kappa shape index (κ2) is 7.13. The van der Waals surface area contributed by atoms with E-state index in [0.29, 0.717) is 31.0 Å². The molecule has 0 bridgehead atoms. The van der Waals surface area contributed by atoms with Crippen LogP contribution in [0.2, 0.25) is 0 Å². The Kier molecular flexibility index (Phi) is 4.94. The van der Waals surface area contributed by atoms with E-state index in [1.807, 2.05) is 37.3 Å². The number of amides is 1. The molecular weight excluding hydrogens is 324 g/mol. The summed E-state index contributed by atoms with van der Waals surface area (Å²) in [5, 5.41) is 12.0. The quantitative estimate of drug-likeness (QED) is 0.925. The fourth-order valence-electron chi connectivity index (χ4n) is 3.03. The third-order valence-electron chi connectivity index (χ3n) is 4.38. The SMILES string of the molecule is CC1CCN(C(=O)c2csc(Cc3ccccc3)n2)C(C(=O)O)C1. The number of hydrogen-bond donors (Lipinski definition) is 1. The minimum Gasteiger partial charge on any atom is -0.480 e. The highest BCUT2D eigenvalue weighted by Crippen LogP contribution is 2.25. The summed E-state index contributed by atoms with van der Waals surface area (Å²) in [7, 11) is 0. The molecule has 2 aromatic rings. The number of likely N-dealkylation sites (tertiary alicyclic amines) is 1. The van der Waals surface area contributed by atoms with E-state index in [1.165, 1.54) is 16.2 Å². The highest BCUT2D eigenvalue weighted by Gasteiger charge is 2.35. The Morgan fingerprint density at radius 1 is 1.33 bits per heavy atom. The summed E-state index contributed by atoms with van der Waals surface area (Å²) in [6.45, 7) is 2.50. The third-order valence-corrected chi connectivity index (χ3v) is 5.23. The average molecular weight is 344 g/mol. The van der Waals surface area contributed by atoms with Gasteiger partial charge in [-0.05, 0) is 24.3 Å². The van der Waals surface area contributed by atoms with E-state index in [0.717, 1.165) is 17.0 Å². The first-order chi connectivity index (χ1) is 11.5. The van der Waals surface area contributed by atoms with E-state index in [1.54, 1.807) is 5.38 Å². The first kappa shape index (κ1) is 16.6. The molecule has 1 aromatic carbocycles. The first-order valence-electron chi connectivity index (χ1n) is 8.06. The lowest BCUT2D eigenvalue weighted by molar-refractivity contribution is -0.144. The van der Waals surface area contributed by atoms with Gasteiger partial charge in [-0.25, -0.2) is 9.78 Å². The Balaban J connectivity index is 1.74. The Morgan fingerprint density at radius 2 is 2.08 bits per heavy atom. The van der Waals surface area contributed by atoms with Gasteiger partial charge in [0.15, 0.2) is 0 Å². The standard InChI is InChI=1S/C18H20N2O3S/c1-12-7-8-20(15(9-12)18(22)23)17(21)14-11-24-16(19-14)10-13-5-3-2-4-6-13/h2-6,11-12,15H,7-10H2,1H3,(H,22,23). The first-order valence-corrected chi connectivity index (χ1v) is 8.94. The maximum Gasteiger partial charge on any atom is 0.326 e. The Bertz CT molecular complexity index is 729. The van der Waals surface area contributed by atoms with Gasteiger partial charge in [0.05, 0.1) is 5.01 Å². The summed E-state index contributed by atoms with van der Waals surface area (Å²) < 4.78 is 0. The molecule has 1 aromatic heterocycles. The van der Waals surface area contributed by atoms with Crippen LogP contribution < -0.4 is 0 Å². The fraction of sp³-hybridized carbons (Fsp3) is 0.389. The number of carbonyl (C=O) groups is 2. The lowest BCUT2D eigenvalue weighted by Gasteiger charge is -2.35. The van der Waals surface area contributed by atoms with Crippen LogP contribution in [-0.4, -0.2) is 39.5 Å². The second-order valence-electron chi connectivity index (χ2n) is 6.27. The number of piperidine rings is 1. The molecule has 1 aliphatic heterocycles. The predicted octanol–water partition coefficient (Wildman–Crippen LogP) is 3.06. The van der Waals surface area contributed by atoms with Gasteiger partial charge < -0.3 is 10.0 Å². The number of nitrogens with zero attached hydrogens (tertiary/aromatic N) is 2. The van der Waals surface area contributed by atoms with Crippen molar-refractivity contribution in [2.45, 2.75) is 32.2 Å². The van der Waals surface area contributed by atoms with Crippen molar-refractivity contribution in [1.82, 2.24) is 9.88 Å². The van der Waals surface area contributed by atoms with E-state index < -0.39 is 12.0 Å². The lowest BCUT2D eigenvalue weighted by atomic mass is 9.92. The van der Waals surface area contributed by atoms with Gasteiger partial charge in [0.1, 0.15) is 11.7 Å². The molecule has 2 unspecified atom stereocenters. The van der Waals surface area contributed by atoms with Gasteiger partial charge in [0.2, 0.25) is 0 Å². The number of hydrogen-bond acceptors (Lipinski definition) is 4. The number of aromatic nitrogens is 1.